The maximum atomic E-state index is 11.7. The molecule has 3 aromatic rings. The fraction of sp³-hybridized carbons (Fsp3) is 0.444. The Kier molecular flexibility index (Phi) is 5.09. The number of nitrogens with one attached hydrogen (secondary N) is 1. The van der Waals surface area contributed by atoms with E-state index in [1.54, 1.807) is 6.20 Å². The number of anilines is 1. The summed E-state index contributed by atoms with van der Waals surface area (Å²) in [7, 11) is -3.17. The van der Waals surface area contributed by atoms with Gasteiger partial charge in [-0.3, -0.25) is 5.10 Å². The molecule has 0 saturated carbocycles. The summed E-state index contributed by atoms with van der Waals surface area (Å²) in [6.07, 6.45) is 4.45. The highest BCUT2D eigenvalue weighted by atomic mass is 32.2. The van der Waals surface area contributed by atoms with Crippen molar-refractivity contribution in [1.29, 1.82) is 0 Å². The molecule has 154 valence electrons. The van der Waals surface area contributed by atoms with Crippen LogP contribution in [0.2, 0.25) is 0 Å². The van der Waals surface area contributed by atoms with Gasteiger partial charge in [0.1, 0.15) is 17.8 Å². The summed E-state index contributed by atoms with van der Waals surface area (Å²) < 4.78 is 30.6. The van der Waals surface area contributed by atoms with Gasteiger partial charge in [0.15, 0.2) is 0 Å². The highest BCUT2D eigenvalue weighted by Gasteiger charge is 2.24. The van der Waals surface area contributed by atoms with Gasteiger partial charge in [-0.2, -0.15) is 9.40 Å². The Morgan fingerprint density at radius 1 is 1.10 bits per heavy atom. The summed E-state index contributed by atoms with van der Waals surface area (Å²) in [6, 6.07) is 3.72. The van der Waals surface area contributed by atoms with Crippen LogP contribution in [0.4, 0.5) is 5.82 Å². The van der Waals surface area contributed by atoms with E-state index in [1.807, 2.05) is 26.0 Å². The molecule has 4 heterocycles. The third-order valence-electron chi connectivity index (χ3n) is 4.71. The minimum absolute atomic E-state index is 0.0200. The number of hydrogen-bond donors (Lipinski definition) is 1. The van der Waals surface area contributed by atoms with E-state index in [0.29, 0.717) is 43.4 Å². The lowest BCUT2D eigenvalue weighted by Crippen LogP contribution is -2.48. The first kappa shape index (κ1) is 19.5. The van der Waals surface area contributed by atoms with Crippen molar-refractivity contribution in [3.8, 4) is 17.3 Å². The van der Waals surface area contributed by atoms with Gasteiger partial charge < -0.3 is 9.64 Å². The summed E-state index contributed by atoms with van der Waals surface area (Å²) in [5, 5.41) is 8.24. The number of pyridine rings is 1. The van der Waals surface area contributed by atoms with Gasteiger partial charge in [-0.25, -0.2) is 23.4 Å². The van der Waals surface area contributed by atoms with E-state index >= 15 is 0 Å². The Morgan fingerprint density at radius 3 is 2.55 bits per heavy atom. The number of aromatic amines is 1. The van der Waals surface area contributed by atoms with Crippen LogP contribution in [0.5, 0.6) is 5.88 Å². The highest BCUT2D eigenvalue weighted by molar-refractivity contribution is 7.88. The van der Waals surface area contributed by atoms with Crippen LogP contribution in [0.3, 0.4) is 0 Å². The number of rotatable bonds is 5. The lowest BCUT2D eigenvalue weighted by molar-refractivity contribution is 0.233. The molecule has 1 aliphatic rings. The minimum atomic E-state index is -3.17. The summed E-state index contributed by atoms with van der Waals surface area (Å²) in [5.74, 6) is 1.27. The van der Waals surface area contributed by atoms with Crippen LogP contribution in [0.1, 0.15) is 13.8 Å². The Balaban J connectivity index is 1.61. The number of sulfonamides is 1. The Bertz CT molecular complexity index is 1120. The van der Waals surface area contributed by atoms with Gasteiger partial charge in [0.25, 0.3) is 0 Å². The van der Waals surface area contributed by atoms with Crippen LogP contribution in [-0.2, 0) is 10.0 Å². The van der Waals surface area contributed by atoms with Crippen LogP contribution in [-0.4, -0.2) is 76.4 Å². The molecule has 0 aliphatic carbocycles. The molecule has 4 rings (SSSR count). The van der Waals surface area contributed by atoms with Crippen LogP contribution in [0, 0.1) is 0 Å². The molecule has 0 amide bonds. The SMILES string of the molecule is CC(C)Oc1cc2c(-c3cc(N4CCN(S(C)(=O)=O)CC4)ncn3)n[nH]c2cn1. The summed E-state index contributed by atoms with van der Waals surface area (Å²) in [6.45, 7) is 5.91. The van der Waals surface area contributed by atoms with Gasteiger partial charge >= 0.3 is 0 Å². The molecule has 29 heavy (non-hydrogen) atoms. The molecular weight excluding hydrogens is 394 g/mol. The Morgan fingerprint density at radius 2 is 1.86 bits per heavy atom. The molecule has 1 fully saturated rings. The average Bonchev–Trinajstić information content (AvgIpc) is 3.10. The number of piperazine rings is 1. The van der Waals surface area contributed by atoms with Crippen molar-refractivity contribution in [3.05, 3.63) is 24.7 Å². The van der Waals surface area contributed by atoms with Crippen molar-refractivity contribution in [2.75, 3.05) is 37.3 Å². The van der Waals surface area contributed by atoms with Crippen molar-refractivity contribution in [2.45, 2.75) is 20.0 Å². The van der Waals surface area contributed by atoms with E-state index in [0.717, 1.165) is 16.7 Å². The standard InChI is InChI=1S/C18H23N7O3S/c1-12(2)28-17-8-13-15(10-19-17)22-23-18(13)14-9-16(21-11-20-14)24-4-6-25(7-5-24)29(3,26)27/h8-12H,4-7H2,1-3H3,(H,22,23). The predicted molar refractivity (Wildman–Crippen MR) is 109 cm³/mol. The molecule has 0 aromatic carbocycles. The topological polar surface area (TPSA) is 117 Å². The molecular formula is C18H23N7O3S. The monoisotopic (exact) mass is 417 g/mol. The van der Waals surface area contributed by atoms with Crippen LogP contribution in [0.15, 0.2) is 24.7 Å². The van der Waals surface area contributed by atoms with Crippen molar-refractivity contribution >= 4 is 26.7 Å². The molecule has 0 radical (unpaired) electrons. The zero-order chi connectivity index (χ0) is 20.6. The first-order valence-electron chi connectivity index (χ1n) is 9.34. The quantitative estimate of drug-likeness (QED) is 0.660. The van der Waals surface area contributed by atoms with Gasteiger partial charge in [0, 0.05) is 43.7 Å². The first-order valence-corrected chi connectivity index (χ1v) is 11.2. The third-order valence-corrected chi connectivity index (χ3v) is 6.01. The summed E-state index contributed by atoms with van der Waals surface area (Å²) in [4.78, 5) is 15.1. The van der Waals surface area contributed by atoms with Crippen LogP contribution < -0.4 is 9.64 Å². The van der Waals surface area contributed by atoms with Crippen molar-refractivity contribution in [2.24, 2.45) is 0 Å². The van der Waals surface area contributed by atoms with Crippen LogP contribution in [0.25, 0.3) is 22.3 Å². The Hall–Kier alpha value is -2.79. The lowest BCUT2D eigenvalue weighted by Gasteiger charge is -2.33. The number of ether oxygens (including phenoxy) is 1. The molecule has 1 N–H and O–H groups in total. The van der Waals surface area contributed by atoms with Crippen molar-refractivity contribution in [3.63, 3.8) is 0 Å². The second-order valence-electron chi connectivity index (χ2n) is 7.22. The number of nitrogens with zero attached hydrogens (tertiary/aromatic N) is 6. The largest absolute Gasteiger partial charge is 0.475 e. The number of hydrogen-bond acceptors (Lipinski definition) is 8. The van der Waals surface area contributed by atoms with Gasteiger partial charge in [-0.1, -0.05) is 0 Å². The average molecular weight is 417 g/mol. The predicted octanol–water partition coefficient (Wildman–Crippen LogP) is 1.28. The molecule has 1 saturated heterocycles. The van der Waals surface area contributed by atoms with E-state index in [9.17, 15) is 8.42 Å². The molecule has 3 aromatic heterocycles. The molecule has 0 unspecified atom stereocenters. The molecule has 0 spiro atoms. The molecule has 10 nitrogen and oxygen atoms in total. The van der Waals surface area contributed by atoms with Crippen molar-refractivity contribution in [1.82, 2.24) is 29.5 Å². The zero-order valence-corrected chi connectivity index (χ0v) is 17.3. The van der Waals surface area contributed by atoms with Gasteiger partial charge in [-0.15, -0.1) is 0 Å². The maximum absolute atomic E-state index is 11.7. The lowest BCUT2D eigenvalue weighted by atomic mass is 10.2. The summed E-state index contributed by atoms with van der Waals surface area (Å²) in [5.41, 5.74) is 2.15. The van der Waals surface area contributed by atoms with E-state index in [2.05, 4.69) is 30.0 Å². The maximum Gasteiger partial charge on any atom is 0.214 e. The number of aromatic nitrogens is 5. The number of fused-ring (bicyclic) bond motifs is 1. The normalized spacial score (nSPS) is 15.9. The molecule has 0 atom stereocenters. The fourth-order valence-electron chi connectivity index (χ4n) is 3.30. The van der Waals surface area contributed by atoms with Crippen LogP contribution >= 0.6 is 0 Å². The molecule has 1 aliphatic heterocycles. The van der Waals surface area contributed by atoms with Gasteiger partial charge in [0.05, 0.1) is 29.8 Å². The van der Waals surface area contributed by atoms with Gasteiger partial charge in [-0.05, 0) is 13.8 Å². The fourth-order valence-corrected chi connectivity index (χ4v) is 4.12. The van der Waals surface area contributed by atoms with Gasteiger partial charge in [0.2, 0.25) is 15.9 Å². The Labute approximate surface area is 169 Å². The van der Waals surface area contributed by atoms with E-state index < -0.39 is 10.0 Å². The first-order chi connectivity index (χ1) is 13.8. The molecule has 11 heteroatoms. The zero-order valence-electron chi connectivity index (χ0n) is 16.5. The second-order valence-corrected chi connectivity index (χ2v) is 9.20. The summed E-state index contributed by atoms with van der Waals surface area (Å²) >= 11 is 0. The van der Waals surface area contributed by atoms with E-state index in [1.165, 1.54) is 16.9 Å². The minimum Gasteiger partial charge on any atom is -0.475 e. The number of H-pyrrole nitrogens is 1. The highest BCUT2D eigenvalue weighted by Crippen LogP contribution is 2.28. The van der Waals surface area contributed by atoms with E-state index in [4.69, 9.17) is 4.74 Å². The van der Waals surface area contributed by atoms with E-state index in [-0.39, 0.29) is 6.10 Å². The molecule has 0 bridgehead atoms. The third kappa shape index (κ3) is 4.15. The smallest absolute Gasteiger partial charge is 0.214 e. The van der Waals surface area contributed by atoms with Crippen molar-refractivity contribution < 1.29 is 13.2 Å². The second kappa shape index (κ2) is 7.56.